The molecule has 0 atom stereocenters. The van der Waals surface area contributed by atoms with E-state index in [9.17, 15) is 4.79 Å². The number of likely N-dealkylation sites (N-methyl/N-ethyl adjacent to an activating group) is 1. The van der Waals surface area contributed by atoms with Crippen molar-refractivity contribution in [2.24, 2.45) is 5.92 Å². The molecule has 1 amide bonds. The quantitative estimate of drug-likeness (QED) is 0.779. The van der Waals surface area contributed by atoms with E-state index >= 15 is 0 Å². The zero-order valence-corrected chi connectivity index (χ0v) is 13.6. The molecule has 1 fully saturated rings. The van der Waals surface area contributed by atoms with E-state index in [4.69, 9.17) is 5.73 Å². The summed E-state index contributed by atoms with van der Waals surface area (Å²) in [6, 6.07) is 7.84. The molecule has 0 bridgehead atoms. The third kappa shape index (κ3) is 3.22. The van der Waals surface area contributed by atoms with Crippen LogP contribution in [0, 0.1) is 5.92 Å². The summed E-state index contributed by atoms with van der Waals surface area (Å²) in [5.74, 6) is 0.915. The number of anilines is 1. The van der Waals surface area contributed by atoms with Gasteiger partial charge in [0.25, 0.3) is 0 Å². The summed E-state index contributed by atoms with van der Waals surface area (Å²) in [6.07, 6.45) is 4.20. The predicted molar refractivity (Wildman–Crippen MR) is 88.1 cm³/mol. The van der Waals surface area contributed by atoms with Crippen molar-refractivity contribution in [3.05, 3.63) is 29.8 Å². The summed E-state index contributed by atoms with van der Waals surface area (Å²) in [7, 11) is 0. The van der Waals surface area contributed by atoms with Crippen molar-refractivity contribution < 1.29 is 4.79 Å². The summed E-state index contributed by atoms with van der Waals surface area (Å²) < 4.78 is 0. The second-order valence-electron chi connectivity index (χ2n) is 6.23. The van der Waals surface area contributed by atoms with Gasteiger partial charge in [0, 0.05) is 18.8 Å². The second kappa shape index (κ2) is 6.50. The van der Waals surface area contributed by atoms with Crippen LogP contribution in [0.5, 0.6) is 0 Å². The normalized spacial score (nSPS) is 16.0. The summed E-state index contributed by atoms with van der Waals surface area (Å²) >= 11 is 0. The van der Waals surface area contributed by atoms with Gasteiger partial charge in [-0.2, -0.15) is 0 Å². The first-order valence-corrected chi connectivity index (χ1v) is 8.22. The number of nitrogens with zero attached hydrogens (tertiary/aromatic N) is 1. The second-order valence-corrected chi connectivity index (χ2v) is 6.23. The van der Waals surface area contributed by atoms with Crippen molar-refractivity contribution in [3.63, 3.8) is 0 Å². The SMILES string of the molecule is CCC(CC)CN(CC)C(=O)C1(c2ccc(N)cc2)CC1. The van der Waals surface area contributed by atoms with Gasteiger partial charge in [-0.25, -0.2) is 0 Å². The van der Waals surface area contributed by atoms with Crippen LogP contribution in [0.3, 0.4) is 0 Å². The van der Waals surface area contributed by atoms with Crippen molar-refractivity contribution in [1.82, 2.24) is 4.90 Å². The Labute approximate surface area is 128 Å². The van der Waals surface area contributed by atoms with E-state index in [1.54, 1.807) is 0 Å². The van der Waals surface area contributed by atoms with Crippen molar-refractivity contribution >= 4 is 11.6 Å². The third-order valence-corrected chi connectivity index (χ3v) is 4.92. The molecule has 3 heteroatoms. The van der Waals surface area contributed by atoms with Crippen molar-refractivity contribution in [1.29, 1.82) is 0 Å². The molecule has 0 heterocycles. The van der Waals surface area contributed by atoms with Crippen LogP contribution in [-0.2, 0) is 10.2 Å². The van der Waals surface area contributed by atoms with Gasteiger partial charge in [-0.3, -0.25) is 4.79 Å². The number of hydrogen-bond acceptors (Lipinski definition) is 2. The van der Waals surface area contributed by atoms with Gasteiger partial charge in [0.1, 0.15) is 0 Å². The highest BCUT2D eigenvalue weighted by Crippen LogP contribution is 2.49. The van der Waals surface area contributed by atoms with Crippen molar-refractivity contribution in [2.45, 2.75) is 51.9 Å². The Morgan fingerprint density at radius 1 is 1.19 bits per heavy atom. The highest BCUT2D eigenvalue weighted by Gasteiger charge is 2.52. The van der Waals surface area contributed by atoms with E-state index in [0.29, 0.717) is 11.8 Å². The topological polar surface area (TPSA) is 46.3 Å². The molecular formula is C18H28N2O. The Hall–Kier alpha value is -1.51. The number of carbonyl (C=O) groups is 1. The molecule has 2 N–H and O–H groups in total. The largest absolute Gasteiger partial charge is 0.399 e. The third-order valence-electron chi connectivity index (χ3n) is 4.92. The molecule has 21 heavy (non-hydrogen) atoms. The average Bonchev–Trinajstić information content (AvgIpc) is 3.30. The minimum Gasteiger partial charge on any atom is -0.399 e. The van der Waals surface area contributed by atoms with E-state index in [-0.39, 0.29) is 5.41 Å². The van der Waals surface area contributed by atoms with E-state index in [0.717, 1.165) is 50.0 Å². The predicted octanol–water partition coefficient (Wildman–Crippen LogP) is 3.59. The van der Waals surface area contributed by atoms with Crippen LogP contribution in [0.1, 0.15) is 52.0 Å². The minimum absolute atomic E-state index is 0.268. The molecule has 1 aliphatic carbocycles. The summed E-state index contributed by atoms with van der Waals surface area (Å²) in [6.45, 7) is 8.18. The molecule has 1 aliphatic rings. The van der Waals surface area contributed by atoms with Gasteiger partial charge >= 0.3 is 0 Å². The highest BCUT2D eigenvalue weighted by atomic mass is 16.2. The van der Waals surface area contributed by atoms with Gasteiger partial charge in [0.05, 0.1) is 5.41 Å². The Balaban J connectivity index is 2.15. The summed E-state index contributed by atoms with van der Waals surface area (Å²) in [5, 5.41) is 0. The number of hydrogen-bond donors (Lipinski definition) is 1. The lowest BCUT2D eigenvalue weighted by molar-refractivity contribution is -0.134. The number of nitrogen functional groups attached to an aromatic ring is 1. The van der Waals surface area contributed by atoms with Gasteiger partial charge in [0.15, 0.2) is 0 Å². The van der Waals surface area contributed by atoms with Gasteiger partial charge in [-0.15, -0.1) is 0 Å². The molecule has 0 spiro atoms. The zero-order valence-electron chi connectivity index (χ0n) is 13.6. The molecule has 0 aromatic heterocycles. The zero-order chi connectivity index (χ0) is 15.5. The Kier molecular flexibility index (Phi) is 4.92. The molecule has 3 nitrogen and oxygen atoms in total. The van der Waals surface area contributed by atoms with Crippen LogP contribution in [0.15, 0.2) is 24.3 Å². The van der Waals surface area contributed by atoms with E-state index in [1.807, 2.05) is 24.3 Å². The Bertz CT molecular complexity index is 472. The molecule has 0 saturated heterocycles. The molecule has 0 radical (unpaired) electrons. The lowest BCUT2D eigenvalue weighted by atomic mass is 9.93. The molecule has 1 saturated carbocycles. The lowest BCUT2D eigenvalue weighted by Gasteiger charge is -2.29. The maximum absolute atomic E-state index is 13.0. The molecule has 1 aromatic carbocycles. The summed E-state index contributed by atoms with van der Waals surface area (Å²) in [4.78, 5) is 15.1. The molecular weight excluding hydrogens is 260 g/mol. The molecule has 1 aromatic rings. The van der Waals surface area contributed by atoms with E-state index in [2.05, 4.69) is 25.7 Å². The van der Waals surface area contributed by atoms with E-state index < -0.39 is 0 Å². The van der Waals surface area contributed by atoms with Crippen LogP contribution in [0.2, 0.25) is 0 Å². The maximum Gasteiger partial charge on any atom is 0.233 e. The Morgan fingerprint density at radius 2 is 1.76 bits per heavy atom. The van der Waals surface area contributed by atoms with E-state index in [1.165, 1.54) is 0 Å². The summed E-state index contributed by atoms with van der Waals surface area (Å²) in [5.41, 5.74) is 7.38. The lowest BCUT2D eigenvalue weighted by Crippen LogP contribution is -2.41. The first-order valence-electron chi connectivity index (χ1n) is 8.22. The maximum atomic E-state index is 13.0. The number of amides is 1. The number of rotatable bonds is 7. The molecule has 0 unspecified atom stereocenters. The van der Waals surface area contributed by atoms with Crippen molar-refractivity contribution in [2.75, 3.05) is 18.8 Å². The van der Waals surface area contributed by atoms with Crippen LogP contribution < -0.4 is 5.73 Å². The fraction of sp³-hybridized carbons (Fsp3) is 0.611. The van der Waals surface area contributed by atoms with Crippen LogP contribution in [0.25, 0.3) is 0 Å². The standard InChI is InChI=1S/C18H28N2O/c1-4-14(5-2)13-20(6-3)17(21)18(11-12-18)15-7-9-16(19)10-8-15/h7-10,14H,4-6,11-13,19H2,1-3H3. The first-order chi connectivity index (χ1) is 10.1. The van der Waals surface area contributed by atoms with Gasteiger partial charge < -0.3 is 10.6 Å². The van der Waals surface area contributed by atoms with Crippen LogP contribution in [-0.4, -0.2) is 23.9 Å². The fourth-order valence-corrected chi connectivity index (χ4v) is 3.07. The molecule has 0 aliphatic heterocycles. The highest BCUT2D eigenvalue weighted by molar-refractivity contribution is 5.91. The molecule has 2 rings (SSSR count). The first kappa shape index (κ1) is 15.9. The fourth-order valence-electron chi connectivity index (χ4n) is 3.07. The Morgan fingerprint density at radius 3 is 2.19 bits per heavy atom. The van der Waals surface area contributed by atoms with Gasteiger partial charge in [0.2, 0.25) is 5.91 Å². The van der Waals surface area contributed by atoms with Crippen molar-refractivity contribution in [3.8, 4) is 0 Å². The number of nitrogens with two attached hydrogens (primary N) is 1. The molecule has 116 valence electrons. The number of carbonyl (C=O) groups excluding carboxylic acids is 1. The van der Waals surface area contributed by atoms with Crippen LogP contribution in [0.4, 0.5) is 5.69 Å². The van der Waals surface area contributed by atoms with Gasteiger partial charge in [-0.05, 0) is 43.4 Å². The minimum atomic E-state index is -0.268. The van der Waals surface area contributed by atoms with Gasteiger partial charge in [-0.1, -0.05) is 38.8 Å². The average molecular weight is 288 g/mol. The van der Waals surface area contributed by atoms with Crippen LogP contribution >= 0.6 is 0 Å². The smallest absolute Gasteiger partial charge is 0.233 e. The number of benzene rings is 1. The monoisotopic (exact) mass is 288 g/mol.